The zero-order valence-corrected chi connectivity index (χ0v) is 17.3. The minimum atomic E-state index is -4.12. The number of amides is 1. The first-order valence-corrected chi connectivity index (χ1v) is 10.7. The van der Waals surface area contributed by atoms with Crippen LogP contribution in [0.1, 0.15) is 28.9 Å². The monoisotopic (exact) mass is 450 g/mol. The number of carbonyl (C=O) groups excluding carboxylic acids is 1. The van der Waals surface area contributed by atoms with Crippen molar-refractivity contribution < 1.29 is 22.0 Å². The second-order valence-corrected chi connectivity index (χ2v) is 8.57. The van der Waals surface area contributed by atoms with Crippen LogP contribution in [0.15, 0.2) is 71.6 Å². The van der Waals surface area contributed by atoms with Gasteiger partial charge >= 0.3 is 0 Å². The molecular formula is C21H17ClF2N2O3S. The van der Waals surface area contributed by atoms with E-state index < -0.39 is 26.6 Å². The quantitative estimate of drug-likeness (QED) is 0.560. The van der Waals surface area contributed by atoms with Gasteiger partial charge in [0.1, 0.15) is 0 Å². The second-order valence-electron chi connectivity index (χ2n) is 6.48. The molecule has 1 atom stereocenters. The maximum absolute atomic E-state index is 13.3. The molecule has 0 aliphatic carbocycles. The van der Waals surface area contributed by atoms with Crippen molar-refractivity contribution in [1.82, 2.24) is 5.32 Å². The van der Waals surface area contributed by atoms with E-state index >= 15 is 0 Å². The largest absolute Gasteiger partial charge is 0.345 e. The van der Waals surface area contributed by atoms with Crippen molar-refractivity contribution in [2.45, 2.75) is 17.9 Å². The number of hydrogen-bond acceptors (Lipinski definition) is 3. The molecule has 0 heterocycles. The van der Waals surface area contributed by atoms with Crippen LogP contribution >= 0.6 is 11.6 Å². The van der Waals surface area contributed by atoms with E-state index in [-0.39, 0.29) is 17.6 Å². The lowest BCUT2D eigenvalue weighted by Crippen LogP contribution is -2.26. The van der Waals surface area contributed by atoms with Gasteiger partial charge in [-0.3, -0.25) is 9.52 Å². The third-order valence-electron chi connectivity index (χ3n) is 4.32. The highest BCUT2D eigenvalue weighted by Gasteiger charge is 2.18. The van der Waals surface area contributed by atoms with Crippen LogP contribution in [0.3, 0.4) is 0 Å². The lowest BCUT2D eigenvalue weighted by atomic mass is 10.1. The Morgan fingerprint density at radius 1 is 0.967 bits per heavy atom. The molecule has 0 radical (unpaired) electrons. The van der Waals surface area contributed by atoms with Crippen molar-refractivity contribution in [3.63, 3.8) is 0 Å². The van der Waals surface area contributed by atoms with E-state index in [2.05, 4.69) is 10.0 Å². The van der Waals surface area contributed by atoms with Crippen LogP contribution in [0.2, 0.25) is 5.02 Å². The molecule has 0 aromatic heterocycles. The van der Waals surface area contributed by atoms with Gasteiger partial charge in [0.25, 0.3) is 15.9 Å². The Kier molecular flexibility index (Phi) is 6.38. The van der Waals surface area contributed by atoms with E-state index in [0.717, 1.165) is 17.7 Å². The third-order valence-corrected chi connectivity index (χ3v) is 6.04. The molecule has 3 aromatic carbocycles. The molecule has 0 spiro atoms. The van der Waals surface area contributed by atoms with E-state index in [9.17, 15) is 22.0 Å². The van der Waals surface area contributed by atoms with Gasteiger partial charge in [0, 0.05) is 16.3 Å². The molecule has 2 N–H and O–H groups in total. The van der Waals surface area contributed by atoms with Crippen LogP contribution in [-0.2, 0) is 10.0 Å². The Labute approximate surface area is 177 Å². The lowest BCUT2D eigenvalue weighted by Gasteiger charge is -2.16. The summed E-state index contributed by atoms with van der Waals surface area (Å²) in [7, 11) is -4.12. The fraction of sp³-hybridized carbons (Fsp3) is 0.0952. The highest BCUT2D eigenvalue weighted by Crippen LogP contribution is 2.23. The average Bonchev–Trinajstić information content (AvgIpc) is 2.70. The molecule has 9 heteroatoms. The summed E-state index contributed by atoms with van der Waals surface area (Å²) in [5.41, 5.74) is 1.24. The standard InChI is InChI=1S/C21H17ClF2N2O3S/c1-13(17-4-2-3-5-18(17)22)25-21(27)14-6-8-15(9-7-14)26-30(28,29)16-10-11-19(23)20(24)12-16/h2-13,26H,1H3,(H,25,27). The first kappa shape index (κ1) is 21.7. The molecule has 0 fully saturated rings. The molecule has 3 aromatic rings. The number of rotatable bonds is 6. The smallest absolute Gasteiger partial charge is 0.261 e. The van der Waals surface area contributed by atoms with Gasteiger partial charge in [-0.25, -0.2) is 17.2 Å². The van der Waals surface area contributed by atoms with E-state index in [1.54, 1.807) is 19.1 Å². The van der Waals surface area contributed by atoms with Gasteiger partial charge < -0.3 is 5.32 Å². The lowest BCUT2D eigenvalue weighted by molar-refractivity contribution is 0.0940. The minimum Gasteiger partial charge on any atom is -0.345 e. The van der Waals surface area contributed by atoms with Gasteiger partial charge in [0.15, 0.2) is 11.6 Å². The molecule has 0 bridgehead atoms. The summed E-state index contributed by atoms with van der Waals surface area (Å²) in [6.07, 6.45) is 0. The van der Waals surface area contributed by atoms with Gasteiger partial charge in [0.05, 0.1) is 10.9 Å². The minimum absolute atomic E-state index is 0.162. The zero-order chi connectivity index (χ0) is 21.9. The molecule has 0 aliphatic rings. The summed E-state index contributed by atoms with van der Waals surface area (Å²) in [5, 5.41) is 3.35. The molecule has 0 saturated carbocycles. The number of benzene rings is 3. The maximum atomic E-state index is 13.3. The van der Waals surface area contributed by atoms with E-state index in [1.165, 1.54) is 24.3 Å². The fourth-order valence-corrected chi connectivity index (χ4v) is 4.10. The van der Waals surface area contributed by atoms with E-state index in [0.29, 0.717) is 16.7 Å². The molecule has 0 aliphatic heterocycles. The van der Waals surface area contributed by atoms with Gasteiger partial charge in [-0.15, -0.1) is 0 Å². The highest BCUT2D eigenvalue weighted by molar-refractivity contribution is 7.92. The number of nitrogens with one attached hydrogen (secondary N) is 2. The van der Waals surface area contributed by atoms with Crippen molar-refractivity contribution in [2.75, 3.05) is 4.72 Å². The molecule has 156 valence electrons. The number of anilines is 1. The number of halogens is 3. The first-order chi connectivity index (χ1) is 14.2. The molecule has 1 unspecified atom stereocenters. The summed E-state index contributed by atoms with van der Waals surface area (Å²) >= 11 is 6.14. The Balaban J connectivity index is 1.70. The summed E-state index contributed by atoms with van der Waals surface area (Å²) in [5.74, 6) is -2.77. The summed E-state index contributed by atoms with van der Waals surface area (Å²) in [6.45, 7) is 1.80. The van der Waals surface area contributed by atoms with Crippen LogP contribution in [0.25, 0.3) is 0 Å². The topological polar surface area (TPSA) is 75.3 Å². The van der Waals surface area contributed by atoms with Crippen molar-refractivity contribution >= 4 is 33.2 Å². The Morgan fingerprint density at radius 3 is 2.27 bits per heavy atom. The van der Waals surface area contributed by atoms with Crippen LogP contribution in [0.4, 0.5) is 14.5 Å². The Morgan fingerprint density at radius 2 is 1.63 bits per heavy atom. The maximum Gasteiger partial charge on any atom is 0.261 e. The number of sulfonamides is 1. The summed E-state index contributed by atoms with van der Waals surface area (Å²) < 4.78 is 53.2. The predicted molar refractivity (Wildman–Crippen MR) is 111 cm³/mol. The van der Waals surface area contributed by atoms with Gasteiger partial charge in [0.2, 0.25) is 0 Å². The first-order valence-electron chi connectivity index (χ1n) is 8.80. The molecular weight excluding hydrogens is 434 g/mol. The third kappa shape index (κ3) is 4.95. The fourth-order valence-electron chi connectivity index (χ4n) is 2.73. The second kappa shape index (κ2) is 8.81. The van der Waals surface area contributed by atoms with Crippen LogP contribution < -0.4 is 10.0 Å². The molecule has 5 nitrogen and oxygen atoms in total. The Bertz CT molecular complexity index is 1190. The zero-order valence-electron chi connectivity index (χ0n) is 15.7. The van der Waals surface area contributed by atoms with Crippen LogP contribution in [0.5, 0.6) is 0 Å². The normalized spacial score (nSPS) is 12.3. The van der Waals surface area contributed by atoms with Gasteiger partial charge in [-0.2, -0.15) is 0 Å². The van der Waals surface area contributed by atoms with Crippen LogP contribution in [-0.4, -0.2) is 14.3 Å². The summed E-state index contributed by atoms with van der Waals surface area (Å²) in [6, 6.07) is 14.8. The Hall–Kier alpha value is -2.97. The molecule has 0 saturated heterocycles. The van der Waals surface area contributed by atoms with Gasteiger partial charge in [-0.1, -0.05) is 29.8 Å². The summed E-state index contributed by atoms with van der Waals surface area (Å²) in [4.78, 5) is 12.0. The van der Waals surface area contributed by atoms with E-state index in [1.807, 2.05) is 12.1 Å². The van der Waals surface area contributed by atoms with Crippen molar-refractivity contribution in [2.24, 2.45) is 0 Å². The molecule has 1 amide bonds. The van der Waals surface area contributed by atoms with Crippen molar-refractivity contribution in [3.8, 4) is 0 Å². The highest BCUT2D eigenvalue weighted by atomic mass is 35.5. The van der Waals surface area contributed by atoms with Crippen molar-refractivity contribution in [1.29, 1.82) is 0 Å². The van der Waals surface area contributed by atoms with Crippen molar-refractivity contribution in [3.05, 3.63) is 94.5 Å². The van der Waals surface area contributed by atoms with Crippen LogP contribution in [0, 0.1) is 11.6 Å². The molecule has 30 heavy (non-hydrogen) atoms. The van der Waals surface area contributed by atoms with E-state index in [4.69, 9.17) is 11.6 Å². The van der Waals surface area contributed by atoms with Gasteiger partial charge in [-0.05, 0) is 61.0 Å². The number of carbonyl (C=O) groups is 1. The predicted octanol–water partition coefficient (Wildman–Crippen LogP) is 4.91. The average molecular weight is 451 g/mol. The molecule has 3 rings (SSSR count). The SMILES string of the molecule is CC(NC(=O)c1ccc(NS(=O)(=O)c2ccc(F)c(F)c2)cc1)c1ccccc1Cl. The number of hydrogen-bond donors (Lipinski definition) is 2.